The van der Waals surface area contributed by atoms with Crippen LogP contribution in [-0.2, 0) is 0 Å². The van der Waals surface area contributed by atoms with E-state index in [4.69, 9.17) is 0 Å². The van der Waals surface area contributed by atoms with Gasteiger partial charge < -0.3 is 0 Å². The predicted molar refractivity (Wildman–Crippen MR) is 59.9 cm³/mol. The third-order valence-corrected chi connectivity index (χ3v) is 2.77. The Hall–Kier alpha value is -1.22. The number of aromatic nitrogens is 2. The van der Waals surface area contributed by atoms with E-state index >= 15 is 0 Å². The molecule has 0 saturated carbocycles. The summed E-state index contributed by atoms with van der Waals surface area (Å²) in [5, 5.41) is 0. The van der Waals surface area contributed by atoms with Gasteiger partial charge in [0.25, 0.3) is 0 Å². The fourth-order valence-electron chi connectivity index (χ4n) is 1.16. The molecule has 0 saturated heterocycles. The lowest BCUT2D eigenvalue weighted by molar-refractivity contribution is 1.19. The van der Waals surface area contributed by atoms with E-state index in [2.05, 4.69) is 25.9 Å². The van der Waals surface area contributed by atoms with E-state index < -0.39 is 0 Å². The van der Waals surface area contributed by atoms with Crippen LogP contribution in [0.4, 0.5) is 0 Å². The van der Waals surface area contributed by atoms with E-state index in [1.807, 2.05) is 37.3 Å². The van der Waals surface area contributed by atoms with Crippen molar-refractivity contribution in [2.75, 3.05) is 0 Å². The van der Waals surface area contributed by atoms with Crippen molar-refractivity contribution >= 4 is 15.9 Å². The van der Waals surface area contributed by atoms with E-state index in [0.717, 1.165) is 21.6 Å². The van der Waals surface area contributed by atoms with Crippen molar-refractivity contribution in [2.24, 2.45) is 0 Å². The number of pyridine rings is 2. The first kappa shape index (κ1) is 9.34. The molecule has 70 valence electrons. The number of hydrogen-bond acceptors (Lipinski definition) is 2. The molecule has 0 N–H and O–H groups in total. The third kappa shape index (κ3) is 1.82. The molecule has 0 amide bonds. The van der Waals surface area contributed by atoms with Gasteiger partial charge in [-0.05, 0) is 46.6 Å². The highest BCUT2D eigenvalue weighted by Crippen LogP contribution is 2.19. The monoisotopic (exact) mass is 248 g/mol. The Balaban J connectivity index is 2.48. The first-order valence-electron chi connectivity index (χ1n) is 4.32. The number of nitrogens with zero attached hydrogens (tertiary/aromatic N) is 2. The van der Waals surface area contributed by atoms with Gasteiger partial charge in [0.15, 0.2) is 0 Å². The second-order valence-electron chi connectivity index (χ2n) is 3.02. The van der Waals surface area contributed by atoms with Crippen molar-refractivity contribution in [2.45, 2.75) is 6.92 Å². The van der Waals surface area contributed by atoms with Crippen LogP contribution in [-0.4, -0.2) is 9.97 Å². The molecule has 2 aromatic heterocycles. The van der Waals surface area contributed by atoms with Gasteiger partial charge in [0.2, 0.25) is 0 Å². The Morgan fingerprint density at radius 1 is 1.07 bits per heavy atom. The molecule has 14 heavy (non-hydrogen) atoms. The highest BCUT2D eigenvalue weighted by Gasteiger charge is 2.01. The molecule has 0 aliphatic heterocycles. The molecule has 3 heteroatoms. The van der Waals surface area contributed by atoms with Gasteiger partial charge in [0.1, 0.15) is 4.60 Å². The van der Waals surface area contributed by atoms with Crippen molar-refractivity contribution in [1.82, 2.24) is 9.97 Å². The summed E-state index contributed by atoms with van der Waals surface area (Å²) in [6, 6.07) is 9.80. The van der Waals surface area contributed by atoms with Gasteiger partial charge in [-0.25, -0.2) is 4.98 Å². The molecule has 2 heterocycles. The van der Waals surface area contributed by atoms with Gasteiger partial charge >= 0.3 is 0 Å². The zero-order valence-electron chi connectivity index (χ0n) is 7.74. The summed E-state index contributed by atoms with van der Waals surface area (Å²) in [4.78, 5) is 8.63. The molecular weight excluding hydrogens is 240 g/mol. The van der Waals surface area contributed by atoms with E-state index in [1.54, 1.807) is 6.20 Å². The fraction of sp³-hybridized carbons (Fsp3) is 0.0909. The minimum atomic E-state index is 0.876. The first-order valence-corrected chi connectivity index (χ1v) is 5.11. The number of halogens is 1. The number of aryl methyl sites for hydroxylation is 1. The maximum atomic E-state index is 4.40. The lowest BCUT2D eigenvalue weighted by Gasteiger charge is -2.01. The van der Waals surface area contributed by atoms with Crippen molar-refractivity contribution in [1.29, 1.82) is 0 Å². The molecule has 0 unspecified atom stereocenters. The van der Waals surface area contributed by atoms with Gasteiger partial charge in [0.05, 0.1) is 11.4 Å². The van der Waals surface area contributed by atoms with Gasteiger partial charge in [-0.15, -0.1) is 0 Å². The van der Waals surface area contributed by atoms with Gasteiger partial charge in [0, 0.05) is 6.20 Å². The molecule has 0 bridgehead atoms. The van der Waals surface area contributed by atoms with Crippen LogP contribution in [0.3, 0.4) is 0 Å². The summed E-state index contributed by atoms with van der Waals surface area (Å²) >= 11 is 3.40. The Kier molecular flexibility index (Phi) is 2.59. The summed E-state index contributed by atoms with van der Waals surface area (Å²) in [6.07, 6.45) is 1.77. The van der Waals surface area contributed by atoms with Gasteiger partial charge in [-0.1, -0.05) is 12.1 Å². The average molecular weight is 249 g/mol. The third-order valence-electron chi connectivity index (χ3n) is 1.96. The summed E-state index contributed by atoms with van der Waals surface area (Å²) in [5.41, 5.74) is 2.92. The normalized spacial score (nSPS) is 10.1. The molecule has 0 aliphatic rings. The van der Waals surface area contributed by atoms with Crippen molar-refractivity contribution in [3.8, 4) is 11.4 Å². The van der Waals surface area contributed by atoms with E-state index in [0.29, 0.717) is 0 Å². The molecule has 0 aromatic carbocycles. The maximum absolute atomic E-state index is 4.40. The SMILES string of the molecule is Cc1ccc(-c2ccccn2)nc1Br. The maximum Gasteiger partial charge on any atom is 0.109 e. The van der Waals surface area contributed by atoms with Crippen LogP contribution < -0.4 is 0 Å². The van der Waals surface area contributed by atoms with Crippen LogP contribution in [0, 0.1) is 6.92 Å². The van der Waals surface area contributed by atoms with E-state index in [9.17, 15) is 0 Å². The minimum Gasteiger partial charge on any atom is -0.255 e. The van der Waals surface area contributed by atoms with Crippen LogP contribution in [0.2, 0.25) is 0 Å². The second-order valence-corrected chi connectivity index (χ2v) is 3.77. The molecule has 2 aromatic rings. The standard InChI is InChI=1S/C11H9BrN2/c1-8-5-6-10(14-11(8)12)9-4-2-3-7-13-9/h2-7H,1H3. The van der Waals surface area contributed by atoms with E-state index in [1.165, 1.54) is 0 Å². The van der Waals surface area contributed by atoms with Crippen LogP contribution in [0.1, 0.15) is 5.56 Å². The largest absolute Gasteiger partial charge is 0.255 e. The average Bonchev–Trinajstić information content (AvgIpc) is 2.23. The summed E-state index contributed by atoms with van der Waals surface area (Å²) < 4.78 is 0.876. The summed E-state index contributed by atoms with van der Waals surface area (Å²) in [5.74, 6) is 0. The smallest absolute Gasteiger partial charge is 0.109 e. The van der Waals surface area contributed by atoms with Gasteiger partial charge in [-0.3, -0.25) is 4.98 Å². The summed E-state index contributed by atoms with van der Waals surface area (Å²) in [7, 11) is 0. The molecule has 0 aliphatic carbocycles. The molecule has 0 spiro atoms. The fourth-order valence-corrected chi connectivity index (χ4v) is 1.48. The zero-order chi connectivity index (χ0) is 9.97. The molecule has 0 radical (unpaired) electrons. The minimum absolute atomic E-state index is 0.876. The topological polar surface area (TPSA) is 25.8 Å². The lowest BCUT2D eigenvalue weighted by Crippen LogP contribution is -1.88. The first-order chi connectivity index (χ1) is 6.77. The van der Waals surface area contributed by atoms with Crippen LogP contribution in [0.5, 0.6) is 0 Å². The Bertz CT molecular complexity index is 440. The lowest BCUT2D eigenvalue weighted by atomic mass is 10.2. The molecule has 0 atom stereocenters. The quantitative estimate of drug-likeness (QED) is 0.725. The van der Waals surface area contributed by atoms with E-state index in [-0.39, 0.29) is 0 Å². The number of hydrogen-bond donors (Lipinski definition) is 0. The highest BCUT2D eigenvalue weighted by molar-refractivity contribution is 9.10. The predicted octanol–water partition coefficient (Wildman–Crippen LogP) is 3.21. The number of rotatable bonds is 1. The van der Waals surface area contributed by atoms with Gasteiger partial charge in [-0.2, -0.15) is 0 Å². The Morgan fingerprint density at radius 3 is 2.57 bits per heavy atom. The van der Waals surface area contributed by atoms with Crippen LogP contribution in [0.25, 0.3) is 11.4 Å². The molecular formula is C11H9BrN2. The Labute approximate surface area is 91.2 Å². The second kappa shape index (κ2) is 3.88. The molecule has 2 nitrogen and oxygen atoms in total. The van der Waals surface area contributed by atoms with Crippen molar-refractivity contribution < 1.29 is 0 Å². The van der Waals surface area contributed by atoms with Crippen molar-refractivity contribution in [3.05, 3.63) is 46.7 Å². The molecule has 0 fully saturated rings. The van der Waals surface area contributed by atoms with Crippen LogP contribution >= 0.6 is 15.9 Å². The van der Waals surface area contributed by atoms with Crippen molar-refractivity contribution in [3.63, 3.8) is 0 Å². The molecule has 2 rings (SSSR count). The highest BCUT2D eigenvalue weighted by atomic mass is 79.9. The zero-order valence-corrected chi connectivity index (χ0v) is 9.32. The summed E-state index contributed by atoms with van der Waals surface area (Å²) in [6.45, 7) is 2.01. The Morgan fingerprint density at radius 2 is 1.93 bits per heavy atom. The van der Waals surface area contributed by atoms with Crippen LogP contribution in [0.15, 0.2) is 41.1 Å².